The summed E-state index contributed by atoms with van der Waals surface area (Å²) >= 11 is 0. The molecule has 5 atom stereocenters. The Kier molecular flexibility index (Phi) is 9.62. The highest BCUT2D eigenvalue weighted by molar-refractivity contribution is 5.84. The highest BCUT2D eigenvalue weighted by Gasteiger charge is 2.47. The molecule has 3 aromatic carbocycles. The summed E-state index contributed by atoms with van der Waals surface area (Å²) in [7, 11) is 0. The van der Waals surface area contributed by atoms with Gasteiger partial charge in [0, 0.05) is 18.5 Å². The van der Waals surface area contributed by atoms with E-state index >= 15 is 0 Å². The van der Waals surface area contributed by atoms with Gasteiger partial charge < -0.3 is 35.2 Å². The molecular weight excluding hydrogens is 622 g/mol. The van der Waals surface area contributed by atoms with Crippen LogP contribution in [0.4, 0.5) is 11.8 Å². The standard InChI is InChI=1S/C37H39N7O5/c1-2-26-19-29(49-43-26)33-31(46)32(47)36(48-33)44-22-39-30-34(38-20-28(24-14-8-4-9-15-24)25-16-10-5-11-17-25)41-37(42-35(30)44)40-27(21-45)18-23-12-6-3-7-13-23/h3-17,19,22,27-28,31-33,36,45-47H,2,18,20-21H2,1H3,(H2,38,40,41,42). The second-order valence-electron chi connectivity index (χ2n) is 12.2. The molecule has 252 valence electrons. The molecule has 3 aromatic heterocycles. The van der Waals surface area contributed by atoms with Crippen molar-refractivity contribution in [2.24, 2.45) is 0 Å². The molecule has 1 aliphatic heterocycles. The first-order valence-corrected chi connectivity index (χ1v) is 16.5. The Hall–Kier alpha value is -5.14. The van der Waals surface area contributed by atoms with Crippen molar-refractivity contribution in [3.05, 3.63) is 132 Å². The molecule has 0 spiro atoms. The number of hydrogen-bond donors (Lipinski definition) is 5. The van der Waals surface area contributed by atoms with E-state index < -0.39 is 24.5 Å². The number of anilines is 2. The number of nitrogens with one attached hydrogen (secondary N) is 2. The number of fused-ring (bicyclic) bond motifs is 1. The fourth-order valence-electron chi connectivity index (χ4n) is 6.28. The second-order valence-corrected chi connectivity index (χ2v) is 12.2. The van der Waals surface area contributed by atoms with Gasteiger partial charge in [0.2, 0.25) is 5.95 Å². The summed E-state index contributed by atoms with van der Waals surface area (Å²) in [6.45, 7) is 2.29. The monoisotopic (exact) mass is 661 g/mol. The third-order valence-corrected chi connectivity index (χ3v) is 8.91. The molecule has 0 bridgehead atoms. The summed E-state index contributed by atoms with van der Waals surface area (Å²) in [5, 5.41) is 43.4. The summed E-state index contributed by atoms with van der Waals surface area (Å²) in [4.78, 5) is 14.3. The van der Waals surface area contributed by atoms with E-state index in [4.69, 9.17) is 19.2 Å². The predicted octanol–water partition coefficient (Wildman–Crippen LogP) is 4.63. The van der Waals surface area contributed by atoms with E-state index in [1.165, 1.54) is 6.33 Å². The van der Waals surface area contributed by atoms with Gasteiger partial charge in [-0.2, -0.15) is 9.97 Å². The molecule has 7 rings (SSSR count). The van der Waals surface area contributed by atoms with E-state index in [-0.39, 0.29) is 24.5 Å². The second kappa shape index (κ2) is 14.5. The number of aliphatic hydroxyl groups excluding tert-OH is 3. The number of ether oxygens (including phenoxy) is 1. The zero-order chi connectivity index (χ0) is 33.7. The smallest absolute Gasteiger partial charge is 0.227 e. The van der Waals surface area contributed by atoms with E-state index in [2.05, 4.69) is 45.0 Å². The molecule has 1 fully saturated rings. The van der Waals surface area contributed by atoms with E-state index in [9.17, 15) is 15.3 Å². The Balaban J connectivity index is 1.24. The third kappa shape index (κ3) is 6.90. The quantitative estimate of drug-likeness (QED) is 0.117. The minimum absolute atomic E-state index is 0.00000813. The summed E-state index contributed by atoms with van der Waals surface area (Å²) < 4.78 is 13.2. The topological polar surface area (TPSA) is 164 Å². The Bertz CT molecular complexity index is 1910. The summed E-state index contributed by atoms with van der Waals surface area (Å²) in [5.41, 5.74) is 4.87. The van der Waals surface area contributed by atoms with Crippen LogP contribution in [-0.2, 0) is 17.6 Å². The van der Waals surface area contributed by atoms with Crippen molar-refractivity contribution in [2.45, 2.75) is 56.3 Å². The molecule has 5 unspecified atom stereocenters. The van der Waals surface area contributed by atoms with Crippen molar-refractivity contribution in [2.75, 3.05) is 23.8 Å². The maximum absolute atomic E-state index is 11.2. The van der Waals surface area contributed by atoms with Gasteiger partial charge in [-0.3, -0.25) is 4.57 Å². The first-order valence-electron chi connectivity index (χ1n) is 16.5. The van der Waals surface area contributed by atoms with Crippen molar-refractivity contribution in [3.63, 3.8) is 0 Å². The van der Waals surface area contributed by atoms with Gasteiger partial charge in [0.15, 0.2) is 29.0 Å². The molecule has 1 aliphatic rings. The molecular formula is C37H39N7O5. The fourth-order valence-corrected chi connectivity index (χ4v) is 6.28. The lowest BCUT2D eigenvalue weighted by atomic mass is 9.91. The fraction of sp³-hybridized carbons (Fsp3) is 0.297. The van der Waals surface area contributed by atoms with Gasteiger partial charge in [-0.05, 0) is 29.5 Å². The van der Waals surface area contributed by atoms with Gasteiger partial charge in [0.05, 0.1) is 24.7 Å². The van der Waals surface area contributed by atoms with E-state index in [1.807, 2.05) is 73.7 Å². The molecule has 49 heavy (non-hydrogen) atoms. The van der Waals surface area contributed by atoms with Crippen LogP contribution in [0.1, 0.15) is 53.3 Å². The van der Waals surface area contributed by atoms with Crippen LogP contribution in [0.15, 0.2) is 108 Å². The molecule has 12 heteroatoms. The first kappa shape index (κ1) is 32.4. The van der Waals surface area contributed by atoms with Crippen molar-refractivity contribution in [3.8, 4) is 0 Å². The van der Waals surface area contributed by atoms with Crippen LogP contribution in [0.5, 0.6) is 0 Å². The normalized spacial score (nSPS) is 19.8. The first-order chi connectivity index (χ1) is 24.0. The Morgan fingerprint density at radius 2 is 1.55 bits per heavy atom. The van der Waals surface area contributed by atoms with E-state index in [0.29, 0.717) is 47.8 Å². The Labute approximate surface area is 283 Å². The summed E-state index contributed by atoms with van der Waals surface area (Å²) in [5.74, 6) is 1.05. The van der Waals surface area contributed by atoms with Crippen LogP contribution >= 0.6 is 0 Å². The minimum Gasteiger partial charge on any atom is -0.394 e. The zero-order valence-electron chi connectivity index (χ0n) is 27.0. The van der Waals surface area contributed by atoms with E-state index in [1.54, 1.807) is 10.6 Å². The van der Waals surface area contributed by atoms with Crippen molar-refractivity contribution in [1.29, 1.82) is 0 Å². The van der Waals surface area contributed by atoms with Crippen LogP contribution in [0.2, 0.25) is 0 Å². The molecule has 12 nitrogen and oxygen atoms in total. The van der Waals surface area contributed by atoms with Crippen molar-refractivity contribution >= 4 is 22.9 Å². The lowest BCUT2D eigenvalue weighted by molar-refractivity contribution is -0.0434. The van der Waals surface area contributed by atoms with Crippen LogP contribution in [0, 0.1) is 0 Å². The maximum atomic E-state index is 11.2. The van der Waals surface area contributed by atoms with Crippen LogP contribution < -0.4 is 10.6 Å². The average molecular weight is 662 g/mol. The van der Waals surface area contributed by atoms with Gasteiger partial charge in [0.1, 0.15) is 18.3 Å². The molecule has 0 radical (unpaired) electrons. The molecule has 5 N–H and O–H groups in total. The van der Waals surface area contributed by atoms with Crippen LogP contribution in [0.25, 0.3) is 11.2 Å². The molecule has 0 aliphatic carbocycles. The summed E-state index contributed by atoms with van der Waals surface area (Å²) in [6, 6.07) is 31.7. The largest absolute Gasteiger partial charge is 0.394 e. The molecule has 0 saturated carbocycles. The van der Waals surface area contributed by atoms with Gasteiger partial charge >= 0.3 is 0 Å². The molecule has 4 heterocycles. The number of nitrogens with zero attached hydrogens (tertiary/aromatic N) is 5. The van der Waals surface area contributed by atoms with Crippen molar-refractivity contribution < 1.29 is 24.6 Å². The molecule has 0 amide bonds. The Morgan fingerprint density at radius 3 is 2.18 bits per heavy atom. The summed E-state index contributed by atoms with van der Waals surface area (Å²) in [6.07, 6.45) is -1.85. The number of hydrogen-bond acceptors (Lipinski definition) is 11. The molecule has 1 saturated heterocycles. The number of rotatable bonds is 13. The SMILES string of the molecule is CCc1cc(C2OC(n3cnc4c(NCC(c5ccccc5)c5ccccc5)nc(NC(CO)Cc5ccccc5)nc43)C(O)C2O)on1. The van der Waals surface area contributed by atoms with Crippen LogP contribution in [0.3, 0.4) is 0 Å². The average Bonchev–Trinajstić information content (AvgIpc) is 3.87. The zero-order valence-corrected chi connectivity index (χ0v) is 27.0. The van der Waals surface area contributed by atoms with Crippen molar-refractivity contribution in [1.82, 2.24) is 24.7 Å². The van der Waals surface area contributed by atoms with Gasteiger partial charge in [0.25, 0.3) is 0 Å². The van der Waals surface area contributed by atoms with E-state index in [0.717, 1.165) is 16.7 Å². The highest BCUT2D eigenvalue weighted by Crippen LogP contribution is 2.40. The lowest BCUT2D eigenvalue weighted by Gasteiger charge is -2.21. The van der Waals surface area contributed by atoms with Gasteiger partial charge in [-0.25, -0.2) is 4.98 Å². The number of benzene rings is 3. The number of imidazole rings is 1. The predicted molar refractivity (Wildman–Crippen MR) is 184 cm³/mol. The number of aliphatic hydroxyl groups is 3. The third-order valence-electron chi connectivity index (χ3n) is 8.91. The number of aryl methyl sites for hydroxylation is 1. The van der Waals surface area contributed by atoms with Gasteiger partial charge in [-0.1, -0.05) is 103 Å². The van der Waals surface area contributed by atoms with Crippen LogP contribution in [-0.4, -0.2) is 71.4 Å². The Morgan fingerprint density at radius 1 is 0.878 bits per heavy atom. The minimum atomic E-state index is -1.32. The highest BCUT2D eigenvalue weighted by atomic mass is 16.6. The maximum Gasteiger partial charge on any atom is 0.227 e. The molecule has 6 aromatic rings. The number of aromatic nitrogens is 5. The van der Waals surface area contributed by atoms with Gasteiger partial charge in [-0.15, -0.1) is 0 Å². The lowest BCUT2D eigenvalue weighted by Crippen LogP contribution is -2.29.